The van der Waals surface area contributed by atoms with Gasteiger partial charge in [0, 0.05) is 16.5 Å². The molecule has 0 aliphatic rings. The quantitative estimate of drug-likeness (QED) is 0.845. The third-order valence-corrected chi connectivity index (χ3v) is 3.21. The molecule has 1 unspecified atom stereocenters. The number of rotatable bonds is 4. The number of carbonyl (C=O) groups excluding carboxylic acids is 2. The summed E-state index contributed by atoms with van der Waals surface area (Å²) in [5.41, 5.74) is -0.0426. The van der Waals surface area contributed by atoms with Crippen LogP contribution in [0.5, 0.6) is 0 Å². The summed E-state index contributed by atoms with van der Waals surface area (Å²) in [6, 6.07) is 3.98. The number of benzene rings is 1. The second-order valence-corrected chi connectivity index (χ2v) is 6.51. The van der Waals surface area contributed by atoms with Gasteiger partial charge in [0.2, 0.25) is 0 Å². The van der Waals surface area contributed by atoms with E-state index in [9.17, 15) is 9.59 Å². The highest BCUT2D eigenvalue weighted by atomic mass is 35.5. The zero-order valence-electron chi connectivity index (χ0n) is 12.9. The number of carbonyl (C=O) groups is 2. The minimum atomic E-state index is -0.921. The largest absolute Gasteiger partial charge is 0.467 e. The van der Waals surface area contributed by atoms with E-state index in [0.717, 1.165) is 0 Å². The summed E-state index contributed by atoms with van der Waals surface area (Å²) in [6.45, 7) is 5.19. The minimum Gasteiger partial charge on any atom is -0.467 e. The van der Waals surface area contributed by atoms with Crippen molar-refractivity contribution in [3.05, 3.63) is 33.8 Å². The summed E-state index contributed by atoms with van der Waals surface area (Å²) >= 11 is 12.0. The van der Waals surface area contributed by atoms with Crippen LogP contribution in [0.2, 0.25) is 10.0 Å². The first kappa shape index (κ1) is 18.6. The zero-order valence-corrected chi connectivity index (χ0v) is 14.4. The highest BCUT2D eigenvalue weighted by Gasteiger charge is 2.26. The Morgan fingerprint density at radius 1 is 1.27 bits per heavy atom. The molecule has 0 saturated heterocycles. The summed E-state index contributed by atoms with van der Waals surface area (Å²) in [5.74, 6) is -0.595. The van der Waals surface area contributed by atoms with E-state index in [1.807, 2.05) is 0 Å². The van der Waals surface area contributed by atoms with Gasteiger partial charge in [-0.2, -0.15) is 0 Å². The molecule has 22 heavy (non-hydrogen) atoms. The summed E-state index contributed by atoms with van der Waals surface area (Å²) in [5, 5.41) is 3.42. The van der Waals surface area contributed by atoms with E-state index >= 15 is 0 Å². The van der Waals surface area contributed by atoms with Crippen LogP contribution in [0, 0.1) is 0 Å². The molecule has 1 rings (SSSR count). The first-order valence-corrected chi connectivity index (χ1v) is 7.39. The predicted octanol–water partition coefficient (Wildman–Crippen LogP) is 3.60. The number of amides is 1. The number of ether oxygens (including phenoxy) is 2. The van der Waals surface area contributed by atoms with Crippen molar-refractivity contribution in [3.63, 3.8) is 0 Å². The lowest BCUT2D eigenvalue weighted by Crippen LogP contribution is -2.45. The van der Waals surface area contributed by atoms with Crippen molar-refractivity contribution in [3.8, 4) is 0 Å². The van der Waals surface area contributed by atoms with E-state index < -0.39 is 23.7 Å². The number of methoxy groups -OCH3 is 1. The van der Waals surface area contributed by atoms with Gasteiger partial charge in [-0.05, 0) is 44.5 Å². The molecule has 0 aliphatic heterocycles. The minimum absolute atomic E-state index is 0.144. The lowest BCUT2D eigenvalue weighted by atomic mass is 10.1. The van der Waals surface area contributed by atoms with Gasteiger partial charge in [-0.3, -0.25) is 0 Å². The Bertz CT molecular complexity index is 555. The maximum Gasteiger partial charge on any atom is 0.408 e. The van der Waals surface area contributed by atoms with E-state index in [4.69, 9.17) is 32.7 Å². The summed E-state index contributed by atoms with van der Waals surface area (Å²) < 4.78 is 9.84. The van der Waals surface area contributed by atoms with E-state index in [-0.39, 0.29) is 6.42 Å². The Kier molecular flexibility index (Phi) is 6.50. The standard InChI is InChI=1S/C15H19Cl2NO4/c1-15(2,3)22-14(20)18-12(13(19)21-4)8-9-7-10(16)5-6-11(9)17/h5-7,12H,8H2,1-4H3,(H,18,20). The van der Waals surface area contributed by atoms with Crippen LogP contribution < -0.4 is 5.32 Å². The second kappa shape index (κ2) is 7.70. The number of alkyl carbamates (subject to hydrolysis) is 1. The van der Waals surface area contributed by atoms with Gasteiger partial charge in [0.05, 0.1) is 7.11 Å². The van der Waals surface area contributed by atoms with Crippen LogP contribution in [0.4, 0.5) is 4.79 Å². The number of halogens is 2. The van der Waals surface area contributed by atoms with Crippen molar-refractivity contribution in [2.24, 2.45) is 0 Å². The van der Waals surface area contributed by atoms with Crippen LogP contribution >= 0.6 is 23.2 Å². The molecule has 0 fully saturated rings. The molecule has 0 aliphatic carbocycles. The molecule has 0 saturated carbocycles. The van der Waals surface area contributed by atoms with Gasteiger partial charge < -0.3 is 14.8 Å². The average molecular weight is 348 g/mol. The van der Waals surface area contributed by atoms with Crippen molar-refractivity contribution in [1.29, 1.82) is 0 Å². The number of esters is 1. The van der Waals surface area contributed by atoms with Gasteiger partial charge in [0.15, 0.2) is 0 Å². The van der Waals surface area contributed by atoms with Gasteiger partial charge in [0.1, 0.15) is 11.6 Å². The Morgan fingerprint density at radius 2 is 1.91 bits per heavy atom. The monoisotopic (exact) mass is 347 g/mol. The van der Waals surface area contributed by atoms with Crippen molar-refractivity contribution >= 4 is 35.3 Å². The molecule has 0 aromatic heterocycles. The van der Waals surface area contributed by atoms with Crippen LogP contribution in [0.25, 0.3) is 0 Å². The summed E-state index contributed by atoms with van der Waals surface area (Å²) in [4.78, 5) is 23.7. The fourth-order valence-corrected chi connectivity index (χ4v) is 2.09. The first-order valence-electron chi connectivity index (χ1n) is 6.63. The van der Waals surface area contributed by atoms with Gasteiger partial charge in [-0.25, -0.2) is 9.59 Å². The van der Waals surface area contributed by atoms with Gasteiger partial charge >= 0.3 is 12.1 Å². The maximum atomic E-state index is 11.8. The molecule has 7 heteroatoms. The number of nitrogens with one attached hydrogen (secondary N) is 1. The second-order valence-electron chi connectivity index (χ2n) is 5.66. The molecule has 1 amide bonds. The summed E-state index contributed by atoms with van der Waals surface area (Å²) in [7, 11) is 1.24. The van der Waals surface area contributed by atoms with Crippen molar-refractivity contribution in [2.45, 2.75) is 38.8 Å². The molecular weight excluding hydrogens is 329 g/mol. The highest BCUT2D eigenvalue weighted by Crippen LogP contribution is 2.22. The smallest absolute Gasteiger partial charge is 0.408 e. The molecule has 5 nitrogen and oxygen atoms in total. The lowest BCUT2D eigenvalue weighted by molar-refractivity contribution is -0.143. The number of hydrogen-bond donors (Lipinski definition) is 1. The topological polar surface area (TPSA) is 64.6 Å². The number of hydrogen-bond acceptors (Lipinski definition) is 4. The van der Waals surface area contributed by atoms with Gasteiger partial charge in [-0.1, -0.05) is 23.2 Å². The molecule has 1 aromatic carbocycles. The molecule has 0 radical (unpaired) electrons. The lowest BCUT2D eigenvalue weighted by Gasteiger charge is -2.22. The van der Waals surface area contributed by atoms with Gasteiger partial charge in [-0.15, -0.1) is 0 Å². The van der Waals surface area contributed by atoms with Crippen LogP contribution in [0.15, 0.2) is 18.2 Å². The normalized spacial score (nSPS) is 12.5. The third-order valence-electron chi connectivity index (χ3n) is 2.61. The van der Waals surface area contributed by atoms with E-state index in [0.29, 0.717) is 15.6 Å². The maximum absolute atomic E-state index is 11.8. The van der Waals surface area contributed by atoms with Crippen LogP contribution in [0.3, 0.4) is 0 Å². The highest BCUT2D eigenvalue weighted by molar-refractivity contribution is 6.33. The molecule has 0 spiro atoms. The first-order chi connectivity index (χ1) is 10.1. The molecule has 1 atom stereocenters. The Hall–Kier alpha value is -1.46. The van der Waals surface area contributed by atoms with Crippen molar-refractivity contribution < 1.29 is 19.1 Å². The van der Waals surface area contributed by atoms with Crippen LogP contribution in [0.1, 0.15) is 26.3 Å². The molecular formula is C15H19Cl2NO4. The Labute approximate surface area is 139 Å². The molecule has 0 heterocycles. The predicted molar refractivity (Wildman–Crippen MR) is 85.3 cm³/mol. The summed E-state index contributed by atoms with van der Waals surface area (Å²) in [6.07, 6.45) is -0.563. The van der Waals surface area contributed by atoms with Crippen LogP contribution in [-0.2, 0) is 20.7 Å². The molecule has 1 N–H and O–H groups in total. The van der Waals surface area contributed by atoms with Crippen molar-refractivity contribution in [1.82, 2.24) is 5.32 Å². The SMILES string of the molecule is COC(=O)C(Cc1cc(Cl)ccc1Cl)NC(=O)OC(C)(C)C. The fourth-order valence-electron chi connectivity index (χ4n) is 1.71. The fraction of sp³-hybridized carbons (Fsp3) is 0.467. The molecule has 122 valence electrons. The Balaban J connectivity index is 2.87. The molecule has 0 bridgehead atoms. The zero-order chi connectivity index (χ0) is 16.9. The van der Waals surface area contributed by atoms with Crippen molar-refractivity contribution in [2.75, 3.05) is 7.11 Å². The van der Waals surface area contributed by atoms with E-state index in [1.54, 1.807) is 39.0 Å². The van der Waals surface area contributed by atoms with Crippen LogP contribution in [-0.4, -0.2) is 30.8 Å². The van der Waals surface area contributed by atoms with E-state index in [2.05, 4.69) is 5.32 Å². The molecule has 1 aromatic rings. The Morgan fingerprint density at radius 3 is 2.45 bits per heavy atom. The van der Waals surface area contributed by atoms with Gasteiger partial charge in [0.25, 0.3) is 0 Å². The van der Waals surface area contributed by atoms with E-state index in [1.165, 1.54) is 7.11 Å². The third kappa shape index (κ3) is 6.12. The average Bonchev–Trinajstić information content (AvgIpc) is 2.39.